The predicted octanol–water partition coefficient (Wildman–Crippen LogP) is 3.10. The summed E-state index contributed by atoms with van der Waals surface area (Å²) in [5, 5.41) is 11.8. The standard InChI is InChI=1S/C16H21N3O3S/c1-11-6-7-12(2)13(9-11)22-8-4-5-14(20)17-16-19-18-15(23-16)10-21-3/h6-7,9H,4-5,8,10H2,1-3H3,(H,17,19,20). The molecule has 2 aromatic rings. The second kappa shape index (κ2) is 8.59. The summed E-state index contributed by atoms with van der Waals surface area (Å²) >= 11 is 1.32. The minimum absolute atomic E-state index is 0.0883. The van der Waals surface area contributed by atoms with Crippen molar-refractivity contribution >= 4 is 22.4 Å². The highest BCUT2D eigenvalue weighted by Gasteiger charge is 2.08. The monoisotopic (exact) mass is 335 g/mol. The molecule has 23 heavy (non-hydrogen) atoms. The number of hydrogen-bond donors (Lipinski definition) is 1. The van der Waals surface area contributed by atoms with Gasteiger partial charge in [0.25, 0.3) is 0 Å². The molecule has 7 heteroatoms. The third kappa shape index (κ3) is 5.61. The Balaban J connectivity index is 1.71. The Labute approximate surface area is 139 Å². The van der Waals surface area contributed by atoms with Crippen molar-refractivity contribution in [3.8, 4) is 5.75 Å². The lowest BCUT2D eigenvalue weighted by atomic mass is 10.1. The van der Waals surface area contributed by atoms with Crippen LogP contribution in [-0.2, 0) is 16.1 Å². The van der Waals surface area contributed by atoms with Gasteiger partial charge in [-0.1, -0.05) is 23.5 Å². The summed E-state index contributed by atoms with van der Waals surface area (Å²) in [6.45, 7) is 4.94. The highest BCUT2D eigenvalue weighted by molar-refractivity contribution is 7.15. The minimum Gasteiger partial charge on any atom is -0.493 e. The van der Waals surface area contributed by atoms with E-state index in [0.717, 1.165) is 21.9 Å². The zero-order chi connectivity index (χ0) is 16.7. The van der Waals surface area contributed by atoms with Crippen LogP contribution in [0.25, 0.3) is 0 Å². The summed E-state index contributed by atoms with van der Waals surface area (Å²) < 4.78 is 10.7. The molecule has 1 heterocycles. The molecule has 6 nitrogen and oxygen atoms in total. The van der Waals surface area contributed by atoms with Crippen molar-refractivity contribution in [3.05, 3.63) is 34.3 Å². The van der Waals surface area contributed by atoms with Crippen molar-refractivity contribution in [3.63, 3.8) is 0 Å². The molecule has 0 bridgehead atoms. The third-order valence-electron chi connectivity index (χ3n) is 3.13. The lowest BCUT2D eigenvalue weighted by Gasteiger charge is -2.09. The second-order valence-electron chi connectivity index (χ2n) is 5.20. The normalized spacial score (nSPS) is 10.6. The van der Waals surface area contributed by atoms with E-state index in [1.165, 1.54) is 11.3 Å². The number of aryl methyl sites for hydroxylation is 2. The average molecular weight is 335 g/mol. The Kier molecular flexibility index (Phi) is 6.49. The summed E-state index contributed by atoms with van der Waals surface area (Å²) in [6, 6.07) is 6.09. The molecule has 0 aliphatic heterocycles. The van der Waals surface area contributed by atoms with Gasteiger partial charge in [-0.25, -0.2) is 0 Å². The largest absolute Gasteiger partial charge is 0.493 e. The molecule has 1 N–H and O–H groups in total. The van der Waals surface area contributed by atoms with Gasteiger partial charge in [0, 0.05) is 13.5 Å². The minimum atomic E-state index is -0.0883. The van der Waals surface area contributed by atoms with E-state index in [-0.39, 0.29) is 5.91 Å². The van der Waals surface area contributed by atoms with Gasteiger partial charge in [0.1, 0.15) is 17.4 Å². The number of hydrogen-bond acceptors (Lipinski definition) is 6. The first-order valence-electron chi connectivity index (χ1n) is 7.39. The van der Waals surface area contributed by atoms with Gasteiger partial charge in [0.15, 0.2) is 0 Å². The molecule has 0 aliphatic carbocycles. The number of nitrogens with zero attached hydrogens (tertiary/aromatic N) is 2. The smallest absolute Gasteiger partial charge is 0.226 e. The molecular weight excluding hydrogens is 314 g/mol. The Bertz CT molecular complexity index is 658. The van der Waals surface area contributed by atoms with Crippen LogP contribution in [0.2, 0.25) is 0 Å². The highest BCUT2D eigenvalue weighted by Crippen LogP contribution is 2.19. The van der Waals surface area contributed by atoms with Gasteiger partial charge in [0.2, 0.25) is 11.0 Å². The van der Waals surface area contributed by atoms with E-state index in [4.69, 9.17) is 9.47 Å². The van der Waals surface area contributed by atoms with Crippen molar-refractivity contribution in [2.24, 2.45) is 0 Å². The summed E-state index contributed by atoms with van der Waals surface area (Å²) in [5.74, 6) is 0.786. The first-order chi connectivity index (χ1) is 11.1. The number of methoxy groups -OCH3 is 1. The van der Waals surface area contributed by atoms with Crippen LogP contribution < -0.4 is 10.1 Å². The molecule has 2 rings (SSSR count). The van der Waals surface area contributed by atoms with E-state index in [1.54, 1.807) is 7.11 Å². The van der Waals surface area contributed by atoms with Crippen LogP contribution in [0.15, 0.2) is 18.2 Å². The molecule has 1 amide bonds. The van der Waals surface area contributed by atoms with Crippen LogP contribution in [0.4, 0.5) is 5.13 Å². The van der Waals surface area contributed by atoms with Gasteiger partial charge < -0.3 is 14.8 Å². The molecule has 0 unspecified atom stereocenters. The topological polar surface area (TPSA) is 73.3 Å². The number of carbonyl (C=O) groups excluding carboxylic acids is 1. The molecule has 0 radical (unpaired) electrons. The van der Waals surface area contributed by atoms with Gasteiger partial charge in [-0.3, -0.25) is 4.79 Å². The van der Waals surface area contributed by atoms with E-state index in [0.29, 0.717) is 31.2 Å². The number of amides is 1. The Morgan fingerprint density at radius 2 is 2.13 bits per heavy atom. The fraction of sp³-hybridized carbons (Fsp3) is 0.438. The fourth-order valence-corrected chi connectivity index (χ4v) is 2.67. The maximum atomic E-state index is 11.9. The molecule has 1 aromatic carbocycles. The van der Waals surface area contributed by atoms with Crippen molar-refractivity contribution < 1.29 is 14.3 Å². The van der Waals surface area contributed by atoms with Crippen LogP contribution in [0.5, 0.6) is 5.75 Å². The van der Waals surface area contributed by atoms with E-state index in [2.05, 4.69) is 21.6 Å². The van der Waals surface area contributed by atoms with E-state index in [1.807, 2.05) is 26.0 Å². The van der Waals surface area contributed by atoms with Crippen molar-refractivity contribution in [1.82, 2.24) is 10.2 Å². The number of aromatic nitrogens is 2. The summed E-state index contributed by atoms with van der Waals surface area (Å²) in [4.78, 5) is 11.9. The van der Waals surface area contributed by atoms with Crippen LogP contribution in [0, 0.1) is 13.8 Å². The van der Waals surface area contributed by atoms with Gasteiger partial charge in [-0.05, 0) is 37.5 Å². The molecule has 1 aromatic heterocycles. The van der Waals surface area contributed by atoms with E-state index in [9.17, 15) is 4.79 Å². The molecule has 0 saturated carbocycles. The average Bonchev–Trinajstić information content (AvgIpc) is 2.94. The maximum absolute atomic E-state index is 11.9. The molecule has 0 fully saturated rings. The van der Waals surface area contributed by atoms with Crippen molar-refractivity contribution in [2.45, 2.75) is 33.3 Å². The fourth-order valence-electron chi connectivity index (χ4n) is 1.95. The predicted molar refractivity (Wildman–Crippen MR) is 89.9 cm³/mol. The summed E-state index contributed by atoms with van der Waals surface area (Å²) in [7, 11) is 1.59. The SMILES string of the molecule is COCc1nnc(NC(=O)CCCOc2cc(C)ccc2C)s1. The summed E-state index contributed by atoms with van der Waals surface area (Å²) in [5.41, 5.74) is 2.26. The molecule has 0 saturated heterocycles. The van der Waals surface area contributed by atoms with E-state index < -0.39 is 0 Å². The first-order valence-corrected chi connectivity index (χ1v) is 8.21. The van der Waals surface area contributed by atoms with Gasteiger partial charge in [-0.15, -0.1) is 10.2 Å². The van der Waals surface area contributed by atoms with Crippen molar-refractivity contribution in [2.75, 3.05) is 19.0 Å². The Morgan fingerprint density at radius 3 is 2.91 bits per heavy atom. The second-order valence-corrected chi connectivity index (χ2v) is 6.27. The number of rotatable bonds is 8. The van der Waals surface area contributed by atoms with Crippen LogP contribution in [0.3, 0.4) is 0 Å². The van der Waals surface area contributed by atoms with Crippen LogP contribution in [-0.4, -0.2) is 29.8 Å². The van der Waals surface area contributed by atoms with Gasteiger partial charge in [0.05, 0.1) is 6.61 Å². The number of anilines is 1. The lowest BCUT2D eigenvalue weighted by Crippen LogP contribution is -2.12. The number of benzene rings is 1. The first kappa shape index (κ1) is 17.4. The third-order valence-corrected chi connectivity index (χ3v) is 3.94. The quantitative estimate of drug-likeness (QED) is 0.750. The number of ether oxygens (including phenoxy) is 2. The molecule has 0 spiro atoms. The van der Waals surface area contributed by atoms with Gasteiger partial charge in [-0.2, -0.15) is 0 Å². The number of nitrogens with one attached hydrogen (secondary N) is 1. The molecule has 124 valence electrons. The van der Waals surface area contributed by atoms with Crippen LogP contribution in [0.1, 0.15) is 29.0 Å². The van der Waals surface area contributed by atoms with Gasteiger partial charge >= 0.3 is 0 Å². The molecule has 0 aliphatic rings. The maximum Gasteiger partial charge on any atom is 0.226 e. The zero-order valence-electron chi connectivity index (χ0n) is 13.6. The number of carbonyl (C=O) groups is 1. The van der Waals surface area contributed by atoms with Crippen molar-refractivity contribution in [1.29, 1.82) is 0 Å². The molecular formula is C16H21N3O3S. The Hall–Kier alpha value is -1.99. The Morgan fingerprint density at radius 1 is 1.30 bits per heavy atom. The highest BCUT2D eigenvalue weighted by atomic mass is 32.1. The van der Waals surface area contributed by atoms with Crippen LogP contribution >= 0.6 is 11.3 Å². The molecule has 0 atom stereocenters. The van der Waals surface area contributed by atoms with E-state index >= 15 is 0 Å². The summed E-state index contributed by atoms with van der Waals surface area (Å²) in [6.07, 6.45) is 1.02. The zero-order valence-corrected chi connectivity index (χ0v) is 14.4. The lowest BCUT2D eigenvalue weighted by molar-refractivity contribution is -0.116.